The Kier molecular flexibility index (Phi) is 2.77. The number of nitro groups is 1. The smallest absolute Gasteiger partial charge is 0.290 e. The summed E-state index contributed by atoms with van der Waals surface area (Å²) in [6.07, 6.45) is 3.80. The highest BCUT2D eigenvalue weighted by Crippen LogP contribution is 2.41. The van der Waals surface area contributed by atoms with Gasteiger partial charge in [0.25, 0.3) is 5.69 Å². The SMILES string of the molecule is Cc1cc(NC(C)(C)C2CC2)ncc1[N+](=O)[O-]. The van der Waals surface area contributed by atoms with Gasteiger partial charge in [0.15, 0.2) is 0 Å². The van der Waals surface area contributed by atoms with Gasteiger partial charge in [0, 0.05) is 11.1 Å². The zero-order chi connectivity index (χ0) is 12.6. The molecular weight excluding hydrogens is 218 g/mol. The van der Waals surface area contributed by atoms with Gasteiger partial charge in [0.05, 0.1) is 4.92 Å². The number of rotatable bonds is 4. The second-order valence-electron chi connectivity index (χ2n) is 5.23. The van der Waals surface area contributed by atoms with Gasteiger partial charge in [0.2, 0.25) is 0 Å². The molecule has 1 aliphatic carbocycles. The van der Waals surface area contributed by atoms with Crippen LogP contribution in [0.1, 0.15) is 32.3 Å². The van der Waals surface area contributed by atoms with Gasteiger partial charge in [-0.05, 0) is 45.6 Å². The van der Waals surface area contributed by atoms with Crippen LogP contribution in [0.25, 0.3) is 0 Å². The third kappa shape index (κ3) is 2.54. The van der Waals surface area contributed by atoms with E-state index >= 15 is 0 Å². The number of nitrogens with one attached hydrogen (secondary N) is 1. The fourth-order valence-electron chi connectivity index (χ4n) is 2.05. The number of hydrogen-bond donors (Lipinski definition) is 1. The summed E-state index contributed by atoms with van der Waals surface area (Å²) in [5.41, 5.74) is 0.717. The molecule has 1 aromatic rings. The number of nitrogens with zero attached hydrogens (tertiary/aromatic N) is 2. The lowest BCUT2D eigenvalue weighted by atomic mass is 9.99. The molecule has 1 saturated carbocycles. The van der Waals surface area contributed by atoms with Gasteiger partial charge in [-0.2, -0.15) is 0 Å². The summed E-state index contributed by atoms with van der Waals surface area (Å²) in [6.45, 7) is 6.02. The van der Waals surface area contributed by atoms with E-state index in [9.17, 15) is 10.1 Å². The van der Waals surface area contributed by atoms with E-state index in [1.54, 1.807) is 13.0 Å². The van der Waals surface area contributed by atoms with Gasteiger partial charge >= 0.3 is 0 Å². The molecule has 0 aromatic carbocycles. The molecule has 0 aliphatic heterocycles. The van der Waals surface area contributed by atoms with Gasteiger partial charge in [-0.25, -0.2) is 4.98 Å². The van der Waals surface area contributed by atoms with E-state index in [1.165, 1.54) is 19.0 Å². The van der Waals surface area contributed by atoms with Crippen molar-refractivity contribution in [2.24, 2.45) is 5.92 Å². The normalized spacial score (nSPS) is 15.7. The predicted molar refractivity (Wildman–Crippen MR) is 66.1 cm³/mol. The molecule has 5 heteroatoms. The Labute approximate surface area is 100 Å². The number of aryl methyl sites for hydroxylation is 1. The maximum absolute atomic E-state index is 10.7. The van der Waals surface area contributed by atoms with Crippen LogP contribution in [0, 0.1) is 23.0 Å². The van der Waals surface area contributed by atoms with Gasteiger partial charge in [-0.3, -0.25) is 10.1 Å². The van der Waals surface area contributed by atoms with Crippen LogP contribution in [-0.2, 0) is 0 Å². The molecule has 1 aliphatic rings. The first-order valence-electron chi connectivity index (χ1n) is 5.79. The first kappa shape index (κ1) is 11.8. The van der Waals surface area contributed by atoms with Crippen LogP contribution in [0.15, 0.2) is 12.3 Å². The van der Waals surface area contributed by atoms with Crippen molar-refractivity contribution in [1.29, 1.82) is 0 Å². The summed E-state index contributed by atoms with van der Waals surface area (Å²) in [5.74, 6) is 1.39. The number of pyridine rings is 1. The molecule has 0 atom stereocenters. The van der Waals surface area contributed by atoms with Crippen LogP contribution in [0.4, 0.5) is 11.5 Å². The Morgan fingerprint density at radius 2 is 2.18 bits per heavy atom. The predicted octanol–water partition coefficient (Wildman–Crippen LogP) is 2.90. The first-order valence-corrected chi connectivity index (χ1v) is 5.79. The van der Waals surface area contributed by atoms with Gasteiger partial charge in [-0.1, -0.05) is 0 Å². The zero-order valence-corrected chi connectivity index (χ0v) is 10.4. The lowest BCUT2D eigenvalue weighted by Gasteiger charge is -2.26. The molecule has 0 bridgehead atoms. The molecule has 5 nitrogen and oxygen atoms in total. The van der Waals surface area contributed by atoms with Crippen LogP contribution >= 0.6 is 0 Å². The van der Waals surface area contributed by atoms with Crippen LogP contribution in [0.3, 0.4) is 0 Å². The molecule has 0 radical (unpaired) electrons. The van der Waals surface area contributed by atoms with Crippen LogP contribution in [0.2, 0.25) is 0 Å². The molecule has 1 N–H and O–H groups in total. The Hall–Kier alpha value is -1.65. The van der Waals surface area contributed by atoms with Crippen LogP contribution in [0.5, 0.6) is 0 Å². The molecule has 1 heterocycles. The zero-order valence-electron chi connectivity index (χ0n) is 10.4. The van der Waals surface area contributed by atoms with Crippen molar-refractivity contribution < 1.29 is 4.92 Å². The van der Waals surface area contributed by atoms with E-state index in [0.717, 1.165) is 0 Å². The van der Waals surface area contributed by atoms with E-state index in [2.05, 4.69) is 24.1 Å². The second kappa shape index (κ2) is 3.98. The lowest BCUT2D eigenvalue weighted by molar-refractivity contribution is -0.385. The average Bonchev–Trinajstić information content (AvgIpc) is 2.98. The van der Waals surface area contributed by atoms with Gasteiger partial charge in [-0.15, -0.1) is 0 Å². The standard InChI is InChI=1S/C12H17N3O2/c1-8-6-11(13-7-10(8)15(16)17)14-12(2,3)9-4-5-9/h6-7,9H,4-5H2,1-3H3,(H,13,14). The molecule has 0 amide bonds. The summed E-state index contributed by atoms with van der Waals surface area (Å²) in [7, 11) is 0. The van der Waals surface area contributed by atoms with Crippen molar-refractivity contribution in [3.05, 3.63) is 27.9 Å². The summed E-state index contributed by atoms with van der Waals surface area (Å²) >= 11 is 0. The molecule has 2 rings (SSSR count). The molecule has 1 aromatic heterocycles. The molecule has 0 saturated heterocycles. The maximum Gasteiger partial charge on any atom is 0.290 e. The first-order chi connectivity index (χ1) is 7.90. The molecule has 0 unspecified atom stereocenters. The van der Waals surface area contributed by atoms with E-state index in [1.807, 2.05) is 0 Å². The summed E-state index contributed by atoms with van der Waals surface area (Å²) in [5, 5.41) is 14.0. The van der Waals surface area contributed by atoms with Crippen molar-refractivity contribution >= 4 is 11.5 Å². The quantitative estimate of drug-likeness (QED) is 0.643. The Morgan fingerprint density at radius 3 is 2.65 bits per heavy atom. The topological polar surface area (TPSA) is 68.1 Å². The van der Waals surface area contributed by atoms with E-state index in [0.29, 0.717) is 17.3 Å². The van der Waals surface area contributed by atoms with Crippen molar-refractivity contribution in [3.8, 4) is 0 Å². The Bertz CT molecular complexity index is 453. The molecule has 1 fully saturated rings. The minimum atomic E-state index is -0.405. The summed E-state index contributed by atoms with van der Waals surface area (Å²) in [6, 6.07) is 1.74. The Balaban J connectivity index is 2.17. The molecule has 0 spiro atoms. The highest BCUT2D eigenvalue weighted by molar-refractivity contribution is 5.48. The third-order valence-corrected chi connectivity index (χ3v) is 3.33. The van der Waals surface area contributed by atoms with E-state index in [4.69, 9.17) is 0 Å². The minimum Gasteiger partial charge on any atom is -0.365 e. The number of hydrogen-bond acceptors (Lipinski definition) is 4. The van der Waals surface area contributed by atoms with Crippen LogP contribution in [-0.4, -0.2) is 15.4 Å². The Morgan fingerprint density at radius 1 is 1.53 bits per heavy atom. The third-order valence-electron chi connectivity index (χ3n) is 3.33. The average molecular weight is 235 g/mol. The van der Waals surface area contributed by atoms with Crippen molar-refractivity contribution in [3.63, 3.8) is 0 Å². The van der Waals surface area contributed by atoms with Crippen LogP contribution < -0.4 is 5.32 Å². The van der Waals surface area contributed by atoms with Gasteiger partial charge in [0.1, 0.15) is 12.0 Å². The van der Waals surface area contributed by atoms with E-state index < -0.39 is 4.92 Å². The highest BCUT2D eigenvalue weighted by atomic mass is 16.6. The molecular formula is C12H17N3O2. The summed E-state index contributed by atoms with van der Waals surface area (Å²) in [4.78, 5) is 14.4. The van der Waals surface area contributed by atoms with E-state index in [-0.39, 0.29) is 11.2 Å². The highest BCUT2D eigenvalue weighted by Gasteiger charge is 2.37. The van der Waals surface area contributed by atoms with Crippen molar-refractivity contribution in [2.75, 3.05) is 5.32 Å². The van der Waals surface area contributed by atoms with Crippen molar-refractivity contribution in [2.45, 2.75) is 39.2 Å². The largest absolute Gasteiger partial charge is 0.365 e. The second-order valence-corrected chi connectivity index (χ2v) is 5.23. The monoisotopic (exact) mass is 235 g/mol. The fraction of sp³-hybridized carbons (Fsp3) is 0.583. The summed E-state index contributed by atoms with van der Waals surface area (Å²) < 4.78 is 0. The van der Waals surface area contributed by atoms with Gasteiger partial charge < -0.3 is 5.32 Å². The fourth-order valence-corrected chi connectivity index (χ4v) is 2.05. The minimum absolute atomic E-state index is 0.00950. The molecule has 92 valence electrons. The number of aromatic nitrogens is 1. The lowest BCUT2D eigenvalue weighted by Crippen LogP contribution is -2.33. The maximum atomic E-state index is 10.7. The number of anilines is 1. The molecule has 17 heavy (non-hydrogen) atoms. The van der Waals surface area contributed by atoms with Crippen molar-refractivity contribution in [1.82, 2.24) is 4.98 Å².